The molecule has 0 saturated carbocycles. The van der Waals surface area contributed by atoms with E-state index in [0.717, 1.165) is 33.2 Å². The van der Waals surface area contributed by atoms with Crippen molar-refractivity contribution < 1.29 is 24.1 Å². The van der Waals surface area contributed by atoms with E-state index in [1.165, 1.54) is 10.8 Å². The minimum atomic E-state index is -1.12. The lowest BCUT2D eigenvalue weighted by atomic mass is 9.80. The van der Waals surface area contributed by atoms with Crippen LogP contribution in [-0.2, 0) is 15.1 Å². The van der Waals surface area contributed by atoms with Crippen LogP contribution in [0.3, 0.4) is 0 Å². The Balaban J connectivity index is 1.21. The fraction of sp³-hybridized carbons (Fsp3) is 0.238. The van der Waals surface area contributed by atoms with Gasteiger partial charge in [-0.3, -0.25) is 14.3 Å². The van der Waals surface area contributed by atoms with Gasteiger partial charge >= 0.3 is 5.69 Å². The fourth-order valence-electron chi connectivity index (χ4n) is 6.90. The van der Waals surface area contributed by atoms with Gasteiger partial charge < -0.3 is 29.0 Å². The number of rotatable bonds is 11. The van der Waals surface area contributed by atoms with Crippen molar-refractivity contribution in [2.45, 2.75) is 30.5 Å². The third-order valence-corrected chi connectivity index (χ3v) is 9.77. The highest BCUT2D eigenvalue weighted by Crippen LogP contribution is 2.43. The first kappa shape index (κ1) is 34.8. The average molecular weight is 700 g/mol. The number of nitrogens with one attached hydrogen (secondary N) is 1. The van der Waals surface area contributed by atoms with Crippen molar-refractivity contribution in [2.75, 3.05) is 39.8 Å². The number of fused-ring (bicyclic) bond motifs is 1. The van der Waals surface area contributed by atoms with Crippen LogP contribution in [0.1, 0.15) is 29.3 Å². The topological polar surface area (TPSA) is 115 Å². The lowest BCUT2D eigenvalue weighted by molar-refractivity contribution is -0.0944. The Bertz CT molecular complexity index is 2240. The molecule has 2 N–H and O–H groups in total. The predicted octanol–water partition coefficient (Wildman–Crippen LogP) is 6.10. The monoisotopic (exact) mass is 699 g/mol. The van der Waals surface area contributed by atoms with Crippen LogP contribution in [0, 0.1) is 0 Å². The highest BCUT2D eigenvalue weighted by molar-refractivity contribution is 5.89. The summed E-state index contributed by atoms with van der Waals surface area (Å²) in [7, 11) is 7.21. The lowest BCUT2D eigenvalue weighted by Crippen LogP contribution is -2.38. The number of aliphatic hydroxyl groups excluding tert-OH is 1. The number of benzene rings is 5. The highest BCUT2D eigenvalue weighted by atomic mass is 16.6. The van der Waals surface area contributed by atoms with Gasteiger partial charge in [0.15, 0.2) is 0 Å². The van der Waals surface area contributed by atoms with Crippen LogP contribution in [0.15, 0.2) is 131 Å². The largest absolute Gasteiger partial charge is 0.497 e. The molecule has 1 aromatic heterocycles. The van der Waals surface area contributed by atoms with Crippen LogP contribution >= 0.6 is 0 Å². The summed E-state index contributed by atoms with van der Waals surface area (Å²) in [4.78, 5) is 30.8. The minimum Gasteiger partial charge on any atom is -0.497 e. The lowest BCUT2D eigenvalue weighted by Gasteiger charge is -2.37. The number of anilines is 1. The van der Waals surface area contributed by atoms with Crippen LogP contribution < -0.4 is 25.6 Å². The molecule has 0 radical (unpaired) electrons. The van der Waals surface area contributed by atoms with Gasteiger partial charge in [-0.1, -0.05) is 72.8 Å². The van der Waals surface area contributed by atoms with E-state index in [9.17, 15) is 14.7 Å². The van der Waals surface area contributed by atoms with E-state index in [-0.39, 0.29) is 13.0 Å². The van der Waals surface area contributed by atoms with Crippen LogP contribution in [0.25, 0.3) is 21.9 Å². The summed E-state index contributed by atoms with van der Waals surface area (Å²) in [6.45, 7) is -0.0187. The highest BCUT2D eigenvalue weighted by Gasteiger charge is 2.42. The Morgan fingerprint density at radius 1 is 0.808 bits per heavy atom. The SMILES string of the molecule is COc1ccc(C(OC[C@H]2O[C@@H](n3cc(-c4ccc5cc(N(C)C)ccc5c4)c(=O)[nH]c3=O)C[C@@H]2O)(c2ccccc2)c2ccc(OC)cc2)cc1. The smallest absolute Gasteiger partial charge is 0.330 e. The molecule has 1 aliphatic heterocycles. The normalized spacial score (nSPS) is 17.3. The number of hydrogen-bond donors (Lipinski definition) is 2. The molecule has 0 unspecified atom stereocenters. The van der Waals surface area contributed by atoms with E-state index in [1.54, 1.807) is 14.2 Å². The second-order valence-corrected chi connectivity index (χ2v) is 13.1. The number of aromatic nitrogens is 2. The molecule has 0 bridgehead atoms. The molecule has 3 atom stereocenters. The van der Waals surface area contributed by atoms with Gasteiger partial charge in [-0.15, -0.1) is 0 Å². The van der Waals surface area contributed by atoms with Gasteiger partial charge in [0.1, 0.15) is 29.4 Å². The Hall–Kier alpha value is -5.68. The van der Waals surface area contributed by atoms with E-state index in [0.29, 0.717) is 22.6 Å². The number of ether oxygens (including phenoxy) is 4. The predicted molar refractivity (Wildman–Crippen MR) is 201 cm³/mol. The molecule has 2 heterocycles. The number of hydrogen-bond acceptors (Lipinski definition) is 8. The molecule has 6 aromatic rings. The summed E-state index contributed by atoms with van der Waals surface area (Å²) < 4.78 is 25.6. The molecule has 0 spiro atoms. The van der Waals surface area contributed by atoms with Gasteiger partial charge in [-0.05, 0) is 75.5 Å². The van der Waals surface area contributed by atoms with Gasteiger partial charge in [-0.2, -0.15) is 0 Å². The maximum atomic E-state index is 13.2. The first-order valence-electron chi connectivity index (χ1n) is 17.1. The zero-order valence-corrected chi connectivity index (χ0v) is 29.5. The number of aromatic amines is 1. The van der Waals surface area contributed by atoms with E-state index in [1.807, 2.05) is 128 Å². The molecule has 52 heavy (non-hydrogen) atoms. The fourth-order valence-corrected chi connectivity index (χ4v) is 6.90. The van der Waals surface area contributed by atoms with Gasteiger partial charge in [0.2, 0.25) is 0 Å². The first-order valence-corrected chi connectivity index (χ1v) is 17.1. The van der Waals surface area contributed by atoms with Crippen molar-refractivity contribution in [1.82, 2.24) is 9.55 Å². The van der Waals surface area contributed by atoms with E-state index < -0.39 is 35.3 Å². The molecule has 10 nitrogen and oxygen atoms in total. The van der Waals surface area contributed by atoms with Gasteiger partial charge in [0.05, 0.1) is 32.5 Å². The molecular weight excluding hydrogens is 658 g/mol. The summed E-state index contributed by atoms with van der Waals surface area (Å²) in [5.74, 6) is 1.40. The number of aliphatic hydroxyl groups is 1. The first-order chi connectivity index (χ1) is 25.2. The molecule has 5 aromatic carbocycles. The third-order valence-electron chi connectivity index (χ3n) is 9.77. The maximum absolute atomic E-state index is 13.2. The van der Waals surface area contributed by atoms with Crippen LogP contribution in [0.2, 0.25) is 0 Å². The summed E-state index contributed by atoms with van der Waals surface area (Å²) in [6, 6.07) is 37.1. The number of methoxy groups -OCH3 is 2. The molecule has 1 aliphatic rings. The van der Waals surface area contributed by atoms with Crippen molar-refractivity contribution >= 4 is 16.5 Å². The van der Waals surface area contributed by atoms with E-state index in [4.69, 9.17) is 18.9 Å². The number of H-pyrrole nitrogens is 1. The Kier molecular flexibility index (Phi) is 9.70. The molecular formula is C42H41N3O7. The molecule has 7 rings (SSSR count). The Labute approximate surface area is 301 Å². The van der Waals surface area contributed by atoms with Crippen molar-refractivity contribution in [2.24, 2.45) is 0 Å². The zero-order valence-electron chi connectivity index (χ0n) is 29.5. The summed E-state index contributed by atoms with van der Waals surface area (Å²) in [5.41, 5.74) is 2.33. The van der Waals surface area contributed by atoms with E-state index in [2.05, 4.69) is 11.1 Å². The van der Waals surface area contributed by atoms with E-state index >= 15 is 0 Å². The zero-order chi connectivity index (χ0) is 36.4. The third kappa shape index (κ3) is 6.59. The Morgan fingerprint density at radius 3 is 2.02 bits per heavy atom. The van der Waals surface area contributed by atoms with Gasteiger partial charge in [-0.25, -0.2) is 4.79 Å². The second-order valence-electron chi connectivity index (χ2n) is 13.1. The Morgan fingerprint density at radius 2 is 1.40 bits per heavy atom. The molecule has 0 aliphatic carbocycles. The molecule has 1 saturated heterocycles. The number of nitrogens with zero attached hydrogens (tertiary/aromatic N) is 2. The van der Waals surface area contributed by atoms with Crippen molar-refractivity contribution in [3.63, 3.8) is 0 Å². The molecule has 1 fully saturated rings. The molecule has 266 valence electrons. The van der Waals surface area contributed by atoms with Gasteiger partial charge in [0.25, 0.3) is 5.56 Å². The quantitative estimate of drug-likeness (QED) is 0.156. The average Bonchev–Trinajstić information content (AvgIpc) is 3.55. The second kappa shape index (κ2) is 14.5. The van der Waals surface area contributed by atoms with Crippen LogP contribution in [0.5, 0.6) is 11.5 Å². The standard InChI is InChI=1S/C42H41N3O7/c1-44(2)33-17-12-27-22-29(11-10-28(27)23-33)36-25-45(41(48)43-40(36)47)39-24-37(46)38(52-39)26-51-42(30-8-6-5-7-9-30,31-13-18-34(49-3)19-14-31)32-15-20-35(50-4)21-16-32/h5-23,25,37-39,46H,24,26H2,1-4H3,(H,43,47,48)/t37-,38+,39+/m0/s1. The summed E-state index contributed by atoms with van der Waals surface area (Å²) in [5, 5.41) is 13.3. The summed E-state index contributed by atoms with van der Waals surface area (Å²) in [6.07, 6.45) is -0.964. The van der Waals surface area contributed by atoms with Gasteiger partial charge in [0, 0.05) is 32.4 Å². The van der Waals surface area contributed by atoms with Crippen LogP contribution in [-0.4, -0.2) is 61.8 Å². The van der Waals surface area contributed by atoms with Crippen molar-refractivity contribution in [1.29, 1.82) is 0 Å². The summed E-state index contributed by atoms with van der Waals surface area (Å²) >= 11 is 0. The minimum absolute atomic E-state index is 0.0187. The molecule has 10 heteroatoms. The maximum Gasteiger partial charge on any atom is 0.330 e. The van der Waals surface area contributed by atoms with Crippen molar-refractivity contribution in [3.05, 3.63) is 159 Å². The van der Waals surface area contributed by atoms with Crippen LogP contribution in [0.4, 0.5) is 5.69 Å². The van der Waals surface area contributed by atoms with Crippen molar-refractivity contribution in [3.8, 4) is 22.6 Å². The molecule has 0 amide bonds.